The van der Waals surface area contributed by atoms with Gasteiger partial charge in [0.15, 0.2) is 11.4 Å². The summed E-state index contributed by atoms with van der Waals surface area (Å²) in [7, 11) is 0. The number of aryl methyl sites for hydroxylation is 2. The normalized spacial score (nSPS) is 10.7. The SMILES string of the molecule is Cc1cc2ncc(C(=O)CC(=O)O)c(C)n2n1. The van der Waals surface area contributed by atoms with Crippen LogP contribution in [-0.2, 0) is 4.79 Å². The summed E-state index contributed by atoms with van der Waals surface area (Å²) in [6, 6.07) is 1.79. The van der Waals surface area contributed by atoms with Crippen LogP contribution in [0.5, 0.6) is 0 Å². The molecule has 0 aromatic carbocycles. The van der Waals surface area contributed by atoms with Crippen molar-refractivity contribution in [2.24, 2.45) is 0 Å². The van der Waals surface area contributed by atoms with Crippen LogP contribution in [0.2, 0.25) is 0 Å². The Morgan fingerprint density at radius 2 is 2.12 bits per heavy atom. The van der Waals surface area contributed by atoms with Gasteiger partial charge in [-0.05, 0) is 13.8 Å². The fourth-order valence-corrected chi connectivity index (χ4v) is 1.67. The van der Waals surface area contributed by atoms with Gasteiger partial charge < -0.3 is 5.11 Å². The minimum atomic E-state index is -1.15. The molecule has 2 rings (SSSR count). The van der Waals surface area contributed by atoms with Crippen LogP contribution in [0, 0.1) is 13.8 Å². The van der Waals surface area contributed by atoms with Crippen molar-refractivity contribution in [3.63, 3.8) is 0 Å². The molecule has 0 spiro atoms. The van der Waals surface area contributed by atoms with E-state index in [9.17, 15) is 9.59 Å². The number of aliphatic carboxylic acids is 1. The topological polar surface area (TPSA) is 84.6 Å². The molecule has 2 heterocycles. The molecule has 2 aromatic rings. The van der Waals surface area contributed by atoms with Crippen molar-refractivity contribution in [2.75, 3.05) is 0 Å². The first-order valence-electron chi connectivity index (χ1n) is 5.06. The molecule has 17 heavy (non-hydrogen) atoms. The molecule has 0 fully saturated rings. The van der Waals surface area contributed by atoms with Crippen LogP contribution in [0.25, 0.3) is 5.65 Å². The van der Waals surface area contributed by atoms with Crippen molar-refractivity contribution in [3.05, 3.63) is 29.2 Å². The molecule has 0 saturated carbocycles. The molecule has 0 aliphatic heterocycles. The Bertz CT molecular complexity index is 616. The molecule has 0 aliphatic rings. The molecule has 0 amide bonds. The summed E-state index contributed by atoms with van der Waals surface area (Å²) in [5.41, 5.74) is 2.34. The molecular weight excluding hydrogens is 222 g/mol. The van der Waals surface area contributed by atoms with E-state index in [1.54, 1.807) is 17.5 Å². The number of carbonyl (C=O) groups is 2. The number of hydrogen-bond donors (Lipinski definition) is 1. The highest BCUT2D eigenvalue weighted by atomic mass is 16.4. The summed E-state index contributed by atoms with van der Waals surface area (Å²) < 4.78 is 1.55. The first-order chi connectivity index (χ1) is 7.99. The molecule has 0 saturated heterocycles. The van der Waals surface area contributed by atoms with Crippen LogP contribution in [0.4, 0.5) is 0 Å². The minimum absolute atomic E-state index is 0.294. The van der Waals surface area contributed by atoms with Crippen LogP contribution in [0.1, 0.15) is 28.2 Å². The maximum Gasteiger partial charge on any atom is 0.311 e. The minimum Gasteiger partial charge on any atom is -0.481 e. The summed E-state index contributed by atoms with van der Waals surface area (Å²) in [5.74, 6) is -1.61. The van der Waals surface area contributed by atoms with E-state index >= 15 is 0 Å². The summed E-state index contributed by atoms with van der Waals surface area (Å²) in [4.78, 5) is 26.2. The Hall–Kier alpha value is -2.24. The number of carboxylic acid groups (broad SMARTS) is 1. The van der Waals surface area contributed by atoms with Crippen LogP contribution >= 0.6 is 0 Å². The Labute approximate surface area is 96.9 Å². The number of Topliss-reactive ketones (excluding diaryl/α,β-unsaturated/α-hetero) is 1. The molecule has 0 atom stereocenters. The Morgan fingerprint density at radius 3 is 2.76 bits per heavy atom. The molecule has 0 unspecified atom stereocenters. The van der Waals surface area contributed by atoms with Crippen molar-refractivity contribution in [1.82, 2.24) is 14.6 Å². The van der Waals surface area contributed by atoms with Crippen LogP contribution in [0.3, 0.4) is 0 Å². The summed E-state index contributed by atoms with van der Waals surface area (Å²) in [6.45, 7) is 3.54. The second kappa shape index (κ2) is 3.97. The molecule has 6 nitrogen and oxygen atoms in total. The summed E-state index contributed by atoms with van der Waals surface area (Å²) in [6.07, 6.45) is 0.866. The average Bonchev–Trinajstić information content (AvgIpc) is 2.58. The molecular formula is C11H11N3O3. The van der Waals surface area contributed by atoms with E-state index in [4.69, 9.17) is 5.11 Å². The monoisotopic (exact) mass is 233 g/mol. The molecule has 0 aliphatic carbocycles. The lowest BCUT2D eigenvalue weighted by atomic mass is 10.1. The fraction of sp³-hybridized carbons (Fsp3) is 0.273. The van der Waals surface area contributed by atoms with Crippen LogP contribution in [0.15, 0.2) is 12.3 Å². The van der Waals surface area contributed by atoms with Gasteiger partial charge in [0, 0.05) is 12.3 Å². The Morgan fingerprint density at radius 1 is 1.41 bits per heavy atom. The quantitative estimate of drug-likeness (QED) is 0.631. The number of aromatic nitrogens is 3. The van der Waals surface area contributed by atoms with Gasteiger partial charge in [-0.25, -0.2) is 9.50 Å². The third kappa shape index (κ3) is 2.01. The lowest BCUT2D eigenvalue weighted by Gasteiger charge is -2.04. The number of rotatable bonds is 3. The van der Waals surface area contributed by atoms with Gasteiger partial charge in [-0.3, -0.25) is 9.59 Å². The second-order valence-corrected chi connectivity index (χ2v) is 3.81. The zero-order chi connectivity index (χ0) is 12.6. The van der Waals surface area contributed by atoms with E-state index in [0.717, 1.165) is 5.69 Å². The van der Waals surface area contributed by atoms with Crippen molar-refractivity contribution < 1.29 is 14.7 Å². The third-order valence-electron chi connectivity index (χ3n) is 2.46. The van der Waals surface area contributed by atoms with Gasteiger partial charge in [-0.1, -0.05) is 0 Å². The standard InChI is InChI=1S/C11H11N3O3/c1-6-3-10-12-5-8(7(2)14(10)13-6)9(15)4-11(16)17/h3,5H,4H2,1-2H3,(H,16,17). The smallest absolute Gasteiger partial charge is 0.311 e. The van der Waals surface area contributed by atoms with E-state index in [2.05, 4.69) is 10.1 Å². The van der Waals surface area contributed by atoms with Gasteiger partial charge in [0.25, 0.3) is 0 Å². The average molecular weight is 233 g/mol. The van der Waals surface area contributed by atoms with E-state index in [0.29, 0.717) is 16.9 Å². The lowest BCUT2D eigenvalue weighted by molar-refractivity contribution is -0.135. The number of hydrogen-bond acceptors (Lipinski definition) is 4. The number of carboxylic acids is 1. The summed E-state index contributed by atoms with van der Waals surface area (Å²) >= 11 is 0. The first kappa shape index (κ1) is 11.3. The van der Waals surface area contributed by atoms with Crippen molar-refractivity contribution in [2.45, 2.75) is 20.3 Å². The van der Waals surface area contributed by atoms with Gasteiger partial charge in [0.1, 0.15) is 6.42 Å². The number of fused-ring (bicyclic) bond motifs is 1. The zero-order valence-corrected chi connectivity index (χ0v) is 9.47. The predicted octanol–water partition coefficient (Wildman–Crippen LogP) is 1.00. The predicted molar refractivity (Wildman–Crippen MR) is 59.0 cm³/mol. The van der Waals surface area contributed by atoms with Gasteiger partial charge in [0.05, 0.1) is 17.0 Å². The molecule has 88 valence electrons. The lowest BCUT2D eigenvalue weighted by Crippen LogP contribution is -2.11. The highest BCUT2D eigenvalue weighted by molar-refractivity contribution is 6.06. The van der Waals surface area contributed by atoms with E-state index < -0.39 is 18.2 Å². The molecule has 2 aromatic heterocycles. The Balaban J connectivity index is 2.52. The van der Waals surface area contributed by atoms with Crippen molar-refractivity contribution in [1.29, 1.82) is 0 Å². The highest BCUT2D eigenvalue weighted by Gasteiger charge is 2.16. The third-order valence-corrected chi connectivity index (χ3v) is 2.46. The molecule has 0 radical (unpaired) electrons. The highest BCUT2D eigenvalue weighted by Crippen LogP contribution is 2.12. The maximum atomic E-state index is 11.7. The Kier molecular flexibility index (Phi) is 2.63. The first-order valence-corrected chi connectivity index (χ1v) is 5.06. The van der Waals surface area contributed by atoms with Gasteiger partial charge in [-0.2, -0.15) is 5.10 Å². The largest absolute Gasteiger partial charge is 0.481 e. The van der Waals surface area contributed by atoms with Crippen molar-refractivity contribution in [3.8, 4) is 0 Å². The van der Waals surface area contributed by atoms with Gasteiger partial charge in [-0.15, -0.1) is 0 Å². The fourth-order valence-electron chi connectivity index (χ4n) is 1.67. The number of carbonyl (C=O) groups excluding carboxylic acids is 1. The molecule has 6 heteroatoms. The number of nitrogens with zero attached hydrogens (tertiary/aromatic N) is 3. The van der Waals surface area contributed by atoms with Crippen LogP contribution < -0.4 is 0 Å². The van der Waals surface area contributed by atoms with Crippen LogP contribution in [-0.4, -0.2) is 31.5 Å². The maximum absolute atomic E-state index is 11.7. The van der Waals surface area contributed by atoms with Crippen molar-refractivity contribution >= 4 is 17.4 Å². The van der Waals surface area contributed by atoms with E-state index in [-0.39, 0.29) is 0 Å². The van der Waals surface area contributed by atoms with Gasteiger partial charge >= 0.3 is 5.97 Å². The molecule has 0 bridgehead atoms. The summed E-state index contributed by atoms with van der Waals surface area (Å²) in [5, 5.41) is 12.8. The molecule has 1 N–H and O–H groups in total. The van der Waals surface area contributed by atoms with E-state index in [1.807, 2.05) is 6.92 Å². The van der Waals surface area contributed by atoms with E-state index in [1.165, 1.54) is 6.20 Å². The second-order valence-electron chi connectivity index (χ2n) is 3.81. The zero-order valence-electron chi connectivity index (χ0n) is 9.47. The number of ketones is 1. The van der Waals surface area contributed by atoms with Gasteiger partial charge in [0.2, 0.25) is 0 Å².